The van der Waals surface area contributed by atoms with E-state index in [2.05, 4.69) is 50.4 Å². The van der Waals surface area contributed by atoms with Gasteiger partial charge < -0.3 is 10.2 Å². The summed E-state index contributed by atoms with van der Waals surface area (Å²) in [5.41, 5.74) is 5.38. The standard InChI is InChI=1S/C25H32N2O2/c1-4-7-9-18-12-14-22(15-13-18)27-17-21(16-23(27)28)25(29)26-24-19(5-2)10-8-11-20(24)6-3/h8,10-15,21H,4-7,9,16-17H2,1-3H3,(H,26,29)/t21-/m1/s1. The van der Waals surface area contributed by atoms with E-state index < -0.39 is 0 Å². The quantitative estimate of drug-likeness (QED) is 0.676. The molecule has 0 aromatic heterocycles. The van der Waals surface area contributed by atoms with Gasteiger partial charge in [-0.25, -0.2) is 0 Å². The molecule has 0 unspecified atom stereocenters. The number of para-hydroxylation sites is 1. The summed E-state index contributed by atoms with van der Waals surface area (Å²) in [6.07, 6.45) is 5.39. The van der Waals surface area contributed by atoms with E-state index in [0.29, 0.717) is 6.54 Å². The van der Waals surface area contributed by atoms with Crippen LogP contribution < -0.4 is 10.2 Å². The smallest absolute Gasteiger partial charge is 0.229 e. The highest BCUT2D eigenvalue weighted by Gasteiger charge is 2.35. The van der Waals surface area contributed by atoms with E-state index in [1.807, 2.05) is 18.2 Å². The summed E-state index contributed by atoms with van der Waals surface area (Å²) < 4.78 is 0. The first-order chi connectivity index (χ1) is 14.1. The molecule has 1 aliphatic heterocycles. The second-order valence-electron chi connectivity index (χ2n) is 7.82. The second kappa shape index (κ2) is 9.73. The third-order valence-electron chi connectivity index (χ3n) is 5.81. The predicted molar refractivity (Wildman–Crippen MR) is 119 cm³/mol. The van der Waals surface area contributed by atoms with Crippen molar-refractivity contribution in [2.24, 2.45) is 5.92 Å². The number of anilines is 2. The zero-order valence-electron chi connectivity index (χ0n) is 17.8. The van der Waals surface area contributed by atoms with Gasteiger partial charge in [0, 0.05) is 24.3 Å². The molecule has 0 bridgehead atoms. The Labute approximate surface area is 174 Å². The molecule has 1 atom stereocenters. The van der Waals surface area contributed by atoms with Crippen LogP contribution in [0.5, 0.6) is 0 Å². The first-order valence-corrected chi connectivity index (χ1v) is 10.9. The lowest BCUT2D eigenvalue weighted by molar-refractivity contribution is -0.122. The minimum absolute atomic E-state index is 0.0194. The number of unbranched alkanes of at least 4 members (excludes halogenated alkanes) is 1. The number of hydrogen-bond acceptors (Lipinski definition) is 2. The highest BCUT2D eigenvalue weighted by molar-refractivity contribution is 6.04. The van der Waals surface area contributed by atoms with Gasteiger partial charge in [-0.05, 0) is 54.5 Å². The summed E-state index contributed by atoms with van der Waals surface area (Å²) in [7, 11) is 0. The highest BCUT2D eigenvalue weighted by atomic mass is 16.2. The Kier molecular flexibility index (Phi) is 7.08. The van der Waals surface area contributed by atoms with Gasteiger partial charge in [0.25, 0.3) is 0 Å². The number of nitrogens with one attached hydrogen (secondary N) is 1. The molecule has 4 nitrogen and oxygen atoms in total. The summed E-state index contributed by atoms with van der Waals surface area (Å²) >= 11 is 0. The summed E-state index contributed by atoms with van der Waals surface area (Å²) in [6, 6.07) is 14.4. The zero-order valence-corrected chi connectivity index (χ0v) is 17.8. The number of benzene rings is 2. The van der Waals surface area contributed by atoms with Gasteiger partial charge in [-0.1, -0.05) is 57.5 Å². The molecular weight excluding hydrogens is 360 g/mol. The van der Waals surface area contributed by atoms with Gasteiger partial charge in [0.15, 0.2) is 0 Å². The van der Waals surface area contributed by atoms with Crippen LogP contribution >= 0.6 is 0 Å². The number of rotatable bonds is 8. The molecule has 2 aromatic carbocycles. The summed E-state index contributed by atoms with van der Waals surface area (Å²) in [5.74, 6) is -0.362. The number of amides is 2. The minimum Gasteiger partial charge on any atom is -0.325 e. The molecule has 1 aliphatic rings. The average molecular weight is 393 g/mol. The summed E-state index contributed by atoms with van der Waals surface area (Å²) in [5, 5.41) is 3.13. The van der Waals surface area contributed by atoms with Crippen molar-refractivity contribution in [3.05, 3.63) is 59.2 Å². The lowest BCUT2D eigenvalue weighted by Crippen LogP contribution is -2.28. The van der Waals surface area contributed by atoms with Crippen LogP contribution in [0.2, 0.25) is 0 Å². The van der Waals surface area contributed by atoms with E-state index in [1.54, 1.807) is 4.90 Å². The Balaban J connectivity index is 1.69. The largest absolute Gasteiger partial charge is 0.325 e. The Morgan fingerprint density at radius 2 is 1.69 bits per heavy atom. The predicted octanol–water partition coefficient (Wildman–Crippen LogP) is 5.15. The Morgan fingerprint density at radius 1 is 1.03 bits per heavy atom. The van der Waals surface area contributed by atoms with Crippen molar-refractivity contribution in [1.29, 1.82) is 0 Å². The van der Waals surface area contributed by atoms with E-state index in [0.717, 1.165) is 41.8 Å². The van der Waals surface area contributed by atoms with Crippen LogP contribution in [0.25, 0.3) is 0 Å². The third-order valence-corrected chi connectivity index (χ3v) is 5.81. The van der Waals surface area contributed by atoms with Gasteiger partial charge in [-0.2, -0.15) is 0 Å². The summed E-state index contributed by atoms with van der Waals surface area (Å²) in [6.45, 7) is 6.81. The molecule has 29 heavy (non-hydrogen) atoms. The Hall–Kier alpha value is -2.62. The van der Waals surface area contributed by atoms with Crippen LogP contribution in [0.15, 0.2) is 42.5 Å². The molecular formula is C25H32N2O2. The molecule has 2 amide bonds. The SMILES string of the molecule is CCCCc1ccc(N2C[C@H](C(=O)Nc3c(CC)cccc3CC)CC2=O)cc1. The molecule has 0 spiro atoms. The van der Waals surface area contributed by atoms with E-state index in [-0.39, 0.29) is 24.2 Å². The number of hydrogen-bond donors (Lipinski definition) is 1. The monoisotopic (exact) mass is 392 g/mol. The van der Waals surface area contributed by atoms with Crippen LogP contribution in [0.4, 0.5) is 11.4 Å². The molecule has 0 aliphatic carbocycles. The van der Waals surface area contributed by atoms with Gasteiger partial charge in [-0.15, -0.1) is 0 Å². The van der Waals surface area contributed by atoms with Crippen LogP contribution in [-0.4, -0.2) is 18.4 Å². The molecule has 0 saturated carbocycles. The van der Waals surface area contributed by atoms with Gasteiger partial charge in [0.05, 0.1) is 5.92 Å². The van der Waals surface area contributed by atoms with Gasteiger partial charge in [0.1, 0.15) is 0 Å². The van der Waals surface area contributed by atoms with Crippen molar-refractivity contribution >= 4 is 23.2 Å². The normalized spacial score (nSPS) is 16.3. The van der Waals surface area contributed by atoms with Gasteiger partial charge in [0.2, 0.25) is 11.8 Å². The highest BCUT2D eigenvalue weighted by Crippen LogP contribution is 2.28. The summed E-state index contributed by atoms with van der Waals surface area (Å²) in [4.78, 5) is 27.3. The second-order valence-corrected chi connectivity index (χ2v) is 7.82. The fourth-order valence-electron chi connectivity index (χ4n) is 3.98. The molecule has 1 fully saturated rings. The maximum Gasteiger partial charge on any atom is 0.229 e. The number of carbonyl (C=O) groups excluding carboxylic acids is 2. The van der Waals surface area contributed by atoms with Crippen LogP contribution in [0.1, 0.15) is 56.7 Å². The lowest BCUT2D eigenvalue weighted by Gasteiger charge is -2.18. The van der Waals surface area contributed by atoms with Crippen molar-refractivity contribution < 1.29 is 9.59 Å². The molecule has 2 aromatic rings. The maximum atomic E-state index is 13.0. The van der Waals surface area contributed by atoms with Crippen molar-refractivity contribution in [2.45, 2.75) is 59.3 Å². The third kappa shape index (κ3) is 4.87. The van der Waals surface area contributed by atoms with E-state index in [9.17, 15) is 9.59 Å². The van der Waals surface area contributed by atoms with Crippen molar-refractivity contribution in [3.8, 4) is 0 Å². The van der Waals surface area contributed by atoms with Crippen LogP contribution in [0.3, 0.4) is 0 Å². The zero-order chi connectivity index (χ0) is 20.8. The van der Waals surface area contributed by atoms with Crippen molar-refractivity contribution in [1.82, 2.24) is 0 Å². The Morgan fingerprint density at radius 3 is 2.28 bits per heavy atom. The molecule has 0 radical (unpaired) electrons. The van der Waals surface area contributed by atoms with Crippen molar-refractivity contribution in [2.75, 3.05) is 16.8 Å². The number of nitrogens with zero attached hydrogens (tertiary/aromatic N) is 1. The fraction of sp³-hybridized carbons (Fsp3) is 0.440. The first kappa shape index (κ1) is 21.1. The topological polar surface area (TPSA) is 49.4 Å². The fourth-order valence-corrected chi connectivity index (χ4v) is 3.98. The van der Waals surface area contributed by atoms with Crippen molar-refractivity contribution in [3.63, 3.8) is 0 Å². The molecule has 1 saturated heterocycles. The molecule has 1 N–H and O–H groups in total. The van der Waals surface area contributed by atoms with Gasteiger partial charge >= 0.3 is 0 Å². The van der Waals surface area contributed by atoms with E-state index in [1.165, 1.54) is 18.4 Å². The number of aryl methyl sites for hydroxylation is 3. The van der Waals surface area contributed by atoms with Crippen LogP contribution in [-0.2, 0) is 28.9 Å². The lowest BCUT2D eigenvalue weighted by atomic mass is 10.0. The van der Waals surface area contributed by atoms with E-state index >= 15 is 0 Å². The minimum atomic E-state index is -0.322. The maximum absolute atomic E-state index is 13.0. The number of carbonyl (C=O) groups is 2. The Bertz CT molecular complexity index is 835. The van der Waals surface area contributed by atoms with Crippen LogP contribution in [0, 0.1) is 5.92 Å². The molecule has 154 valence electrons. The average Bonchev–Trinajstić information content (AvgIpc) is 3.14. The van der Waals surface area contributed by atoms with Gasteiger partial charge in [-0.3, -0.25) is 9.59 Å². The molecule has 3 rings (SSSR count). The molecule has 4 heteroatoms. The molecule has 1 heterocycles. The van der Waals surface area contributed by atoms with E-state index in [4.69, 9.17) is 0 Å². The first-order valence-electron chi connectivity index (χ1n) is 10.9.